The highest BCUT2D eigenvalue weighted by atomic mass is 32.1. The Balaban J connectivity index is 1.99. The molecule has 0 saturated carbocycles. The van der Waals surface area contributed by atoms with Gasteiger partial charge in [0.25, 0.3) is 5.91 Å². The molecule has 0 aromatic carbocycles. The zero-order valence-electron chi connectivity index (χ0n) is 12.8. The van der Waals surface area contributed by atoms with Crippen molar-refractivity contribution in [3.63, 3.8) is 0 Å². The predicted molar refractivity (Wildman–Crippen MR) is 89.9 cm³/mol. The Labute approximate surface area is 135 Å². The highest BCUT2D eigenvalue weighted by Crippen LogP contribution is 2.20. The minimum atomic E-state index is 0.0983. The molecule has 21 heavy (non-hydrogen) atoms. The Bertz CT molecular complexity index is 535. The van der Waals surface area contributed by atoms with Crippen LogP contribution in [0.4, 0.5) is 0 Å². The van der Waals surface area contributed by atoms with Gasteiger partial charge in [0.2, 0.25) is 0 Å². The van der Waals surface area contributed by atoms with Gasteiger partial charge in [0.1, 0.15) is 4.88 Å². The average molecular weight is 326 g/mol. The van der Waals surface area contributed by atoms with Crippen LogP contribution in [-0.2, 0) is 0 Å². The highest BCUT2D eigenvalue weighted by molar-refractivity contribution is 7.80. The Morgan fingerprint density at radius 2 is 2.00 bits per heavy atom. The molecule has 1 aromatic heterocycles. The maximum absolute atomic E-state index is 12.5. The quantitative estimate of drug-likeness (QED) is 0.851. The molecule has 0 aliphatic carbocycles. The SMILES string of the molecule is CCC(C(N)=S)N1CCN(C(=O)c2sc(C)nc2C)CC1. The van der Waals surface area contributed by atoms with Gasteiger partial charge in [-0.1, -0.05) is 19.1 Å². The van der Waals surface area contributed by atoms with Crippen LogP contribution in [0.1, 0.15) is 33.7 Å². The molecule has 1 atom stereocenters. The first-order chi connectivity index (χ1) is 9.93. The van der Waals surface area contributed by atoms with Crippen molar-refractivity contribution in [3.05, 3.63) is 15.6 Å². The second-order valence-electron chi connectivity index (χ2n) is 5.30. The van der Waals surface area contributed by atoms with Crippen molar-refractivity contribution >= 4 is 34.5 Å². The third-order valence-corrected chi connectivity index (χ3v) is 5.19. The molecule has 1 aliphatic rings. The number of aromatic nitrogens is 1. The molecule has 0 bridgehead atoms. The zero-order valence-corrected chi connectivity index (χ0v) is 14.4. The predicted octanol–water partition coefficient (Wildman–Crippen LogP) is 1.58. The Morgan fingerprint density at radius 1 is 1.38 bits per heavy atom. The molecule has 1 amide bonds. The second kappa shape index (κ2) is 6.81. The number of thiazole rings is 1. The smallest absolute Gasteiger partial charge is 0.265 e. The molecule has 2 heterocycles. The number of carbonyl (C=O) groups excluding carboxylic acids is 1. The van der Waals surface area contributed by atoms with Crippen LogP contribution < -0.4 is 5.73 Å². The zero-order chi connectivity index (χ0) is 15.6. The van der Waals surface area contributed by atoms with E-state index in [4.69, 9.17) is 18.0 Å². The molecular formula is C14H22N4OS2. The summed E-state index contributed by atoms with van der Waals surface area (Å²) in [6.45, 7) is 8.98. The first-order valence-electron chi connectivity index (χ1n) is 7.20. The third-order valence-electron chi connectivity index (χ3n) is 3.86. The number of hydrogen-bond donors (Lipinski definition) is 1. The maximum atomic E-state index is 12.5. The fraction of sp³-hybridized carbons (Fsp3) is 0.643. The fourth-order valence-corrected chi connectivity index (χ4v) is 3.95. The molecule has 5 nitrogen and oxygen atoms in total. The summed E-state index contributed by atoms with van der Waals surface area (Å²) in [6, 6.07) is 0.143. The topological polar surface area (TPSA) is 62.5 Å². The van der Waals surface area contributed by atoms with E-state index in [1.165, 1.54) is 11.3 Å². The number of carbonyl (C=O) groups is 1. The Kier molecular flexibility index (Phi) is 5.29. The van der Waals surface area contributed by atoms with Crippen molar-refractivity contribution in [3.8, 4) is 0 Å². The van der Waals surface area contributed by atoms with Gasteiger partial charge >= 0.3 is 0 Å². The van der Waals surface area contributed by atoms with E-state index in [0.29, 0.717) is 18.1 Å². The Hall–Kier alpha value is -1.05. The van der Waals surface area contributed by atoms with Crippen molar-refractivity contribution in [2.24, 2.45) is 5.73 Å². The number of amides is 1. The molecule has 1 aliphatic heterocycles. The standard InChI is InChI=1S/C14H22N4OS2/c1-4-11(13(15)20)17-5-7-18(8-6-17)14(19)12-9(2)16-10(3)21-12/h11H,4-8H2,1-3H3,(H2,15,20). The number of aryl methyl sites for hydroxylation is 2. The van der Waals surface area contributed by atoms with Gasteiger partial charge in [-0.2, -0.15) is 0 Å². The second-order valence-corrected chi connectivity index (χ2v) is 6.98. The number of hydrogen-bond acceptors (Lipinski definition) is 5. The fourth-order valence-electron chi connectivity index (χ4n) is 2.75. The summed E-state index contributed by atoms with van der Waals surface area (Å²) in [5.41, 5.74) is 6.62. The number of rotatable bonds is 4. The van der Waals surface area contributed by atoms with Crippen LogP contribution in [0, 0.1) is 13.8 Å². The van der Waals surface area contributed by atoms with Gasteiger partial charge in [0, 0.05) is 26.2 Å². The molecule has 116 valence electrons. The van der Waals surface area contributed by atoms with Gasteiger partial charge in [-0.3, -0.25) is 9.69 Å². The summed E-state index contributed by atoms with van der Waals surface area (Å²) in [7, 11) is 0. The van der Waals surface area contributed by atoms with Gasteiger partial charge in [-0.05, 0) is 20.3 Å². The van der Waals surface area contributed by atoms with Crippen LogP contribution in [0.5, 0.6) is 0 Å². The molecule has 0 spiro atoms. The first-order valence-corrected chi connectivity index (χ1v) is 8.43. The molecule has 1 saturated heterocycles. The van der Waals surface area contributed by atoms with E-state index in [1.807, 2.05) is 18.7 Å². The van der Waals surface area contributed by atoms with Gasteiger partial charge in [0.05, 0.1) is 21.7 Å². The molecule has 2 rings (SSSR count). The molecule has 7 heteroatoms. The Morgan fingerprint density at radius 3 is 2.43 bits per heavy atom. The van der Waals surface area contributed by atoms with E-state index in [9.17, 15) is 4.79 Å². The van der Waals surface area contributed by atoms with Crippen LogP contribution in [-0.4, -0.2) is 57.9 Å². The van der Waals surface area contributed by atoms with Gasteiger partial charge in [-0.15, -0.1) is 11.3 Å². The largest absolute Gasteiger partial charge is 0.392 e. The summed E-state index contributed by atoms with van der Waals surface area (Å²) in [6.07, 6.45) is 0.913. The summed E-state index contributed by atoms with van der Waals surface area (Å²) >= 11 is 6.60. The van der Waals surface area contributed by atoms with E-state index in [1.54, 1.807) is 0 Å². The average Bonchev–Trinajstić information content (AvgIpc) is 2.78. The van der Waals surface area contributed by atoms with Crippen LogP contribution in [0.15, 0.2) is 0 Å². The van der Waals surface area contributed by atoms with Crippen LogP contribution in [0.25, 0.3) is 0 Å². The lowest BCUT2D eigenvalue weighted by atomic mass is 10.1. The van der Waals surface area contributed by atoms with Crippen LogP contribution in [0.2, 0.25) is 0 Å². The van der Waals surface area contributed by atoms with E-state index in [2.05, 4.69) is 16.8 Å². The molecule has 1 unspecified atom stereocenters. The normalized spacial score (nSPS) is 17.8. The highest BCUT2D eigenvalue weighted by Gasteiger charge is 2.28. The van der Waals surface area contributed by atoms with Crippen LogP contribution in [0.3, 0.4) is 0 Å². The van der Waals surface area contributed by atoms with Crippen molar-refractivity contribution in [1.82, 2.24) is 14.8 Å². The van der Waals surface area contributed by atoms with E-state index < -0.39 is 0 Å². The number of piperazine rings is 1. The number of thiocarbonyl (C=S) groups is 1. The van der Waals surface area contributed by atoms with Crippen molar-refractivity contribution in [2.45, 2.75) is 33.2 Å². The summed E-state index contributed by atoms with van der Waals surface area (Å²) in [4.78, 5) is 22.4. The van der Waals surface area contributed by atoms with E-state index in [0.717, 1.165) is 35.1 Å². The van der Waals surface area contributed by atoms with Crippen LogP contribution >= 0.6 is 23.6 Å². The molecule has 2 N–H and O–H groups in total. The lowest BCUT2D eigenvalue weighted by Gasteiger charge is -2.38. The van der Waals surface area contributed by atoms with Crippen molar-refractivity contribution in [1.29, 1.82) is 0 Å². The van der Waals surface area contributed by atoms with Crippen molar-refractivity contribution in [2.75, 3.05) is 26.2 Å². The molecular weight excluding hydrogens is 304 g/mol. The maximum Gasteiger partial charge on any atom is 0.265 e. The molecule has 1 fully saturated rings. The third kappa shape index (κ3) is 3.59. The summed E-state index contributed by atoms with van der Waals surface area (Å²) in [5.74, 6) is 0.0983. The van der Waals surface area contributed by atoms with E-state index in [-0.39, 0.29) is 11.9 Å². The molecule has 0 radical (unpaired) electrons. The lowest BCUT2D eigenvalue weighted by molar-refractivity contribution is 0.0615. The summed E-state index contributed by atoms with van der Waals surface area (Å²) in [5, 5.41) is 0.939. The summed E-state index contributed by atoms with van der Waals surface area (Å²) < 4.78 is 0. The van der Waals surface area contributed by atoms with E-state index >= 15 is 0 Å². The monoisotopic (exact) mass is 326 g/mol. The van der Waals surface area contributed by atoms with Gasteiger partial charge in [0.15, 0.2) is 0 Å². The lowest BCUT2D eigenvalue weighted by Crippen LogP contribution is -2.54. The molecule has 1 aromatic rings. The van der Waals surface area contributed by atoms with Gasteiger partial charge in [-0.25, -0.2) is 4.98 Å². The number of nitrogens with two attached hydrogens (primary N) is 1. The number of nitrogens with zero attached hydrogens (tertiary/aromatic N) is 3. The minimum absolute atomic E-state index is 0.0983. The minimum Gasteiger partial charge on any atom is -0.392 e. The van der Waals surface area contributed by atoms with Crippen molar-refractivity contribution < 1.29 is 4.79 Å². The van der Waals surface area contributed by atoms with Gasteiger partial charge < -0.3 is 10.6 Å². The first kappa shape index (κ1) is 16.3.